The normalized spacial score (nSPS) is 11.0. The van der Waals surface area contributed by atoms with Gasteiger partial charge >= 0.3 is 17.3 Å². The van der Waals surface area contributed by atoms with Crippen molar-refractivity contribution in [2.45, 2.75) is 19.5 Å². The number of ether oxygens (including phenoxy) is 1. The monoisotopic (exact) mass is 533 g/mol. The largest absolute Gasteiger partial charge is 0.481 e. The highest BCUT2D eigenvalue weighted by molar-refractivity contribution is 6.30. The van der Waals surface area contributed by atoms with Gasteiger partial charge in [0, 0.05) is 17.3 Å². The molecule has 0 aliphatic rings. The maximum absolute atomic E-state index is 13.2. The lowest BCUT2D eigenvalue weighted by atomic mass is 10.2. The second-order valence-electron chi connectivity index (χ2n) is 8.24. The Morgan fingerprint density at radius 2 is 1.74 bits per heavy atom. The molecule has 11 nitrogen and oxygen atoms in total. The molecule has 0 atom stereocenters. The van der Waals surface area contributed by atoms with Crippen LogP contribution in [0.25, 0.3) is 11.0 Å². The van der Waals surface area contributed by atoms with E-state index in [4.69, 9.17) is 26.0 Å². The topological polar surface area (TPSA) is 141 Å². The third-order valence-corrected chi connectivity index (χ3v) is 5.87. The summed E-state index contributed by atoms with van der Waals surface area (Å²) < 4.78 is 13.2. The van der Waals surface area contributed by atoms with Crippen LogP contribution in [0.2, 0.25) is 5.02 Å². The Balaban J connectivity index is 1.43. The van der Waals surface area contributed by atoms with E-state index in [2.05, 4.69) is 15.5 Å². The van der Waals surface area contributed by atoms with E-state index in [0.717, 1.165) is 15.5 Å². The highest BCUT2D eigenvalue weighted by atomic mass is 35.5. The summed E-state index contributed by atoms with van der Waals surface area (Å²) in [6.07, 6.45) is -0.396. The first-order valence-electron chi connectivity index (χ1n) is 11.4. The zero-order valence-electron chi connectivity index (χ0n) is 19.7. The first-order valence-corrected chi connectivity index (χ1v) is 11.8. The molecule has 2 N–H and O–H groups in total. The van der Waals surface area contributed by atoms with E-state index in [-0.39, 0.29) is 19.0 Å². The number of aliphatic carboxylic acids is 1. The van der Waals surface area contributed by atoms with Gasteiger partial charge in [-0.15, -0.1) is 0 Å². The van der Waals surface area contributed by atoms with Gasteiger partial charge < -0.3 is 19.7 Å². The minimum absolute atomic E-state index is 0.00214. The van der Waals surface area contributed by atoms with Crippen molar-refractivity contribution in [3.63, 3.8) is 0 Å². The summed E-state index contributed by atoms with van der Waals surface area (Å²) >= 11 is 5.97. The zero-order valence-corrected chi connectivity index (χ0v) is 20.5. The summed E-state index contributed by atoms with van der Waals surface area (Å²) in [5.41, 5.74) is 0.310. The van der Waals surface area contributed by atoms with Crippen molar-refractivity contribution in [1.29, 1.82) is 0 Å². The average Bonchev–Trinajstić information content (AvgIpc) is 3.31. The van der Waals surface area contributed by atoms with Crippen LogP contribution >= 0.6 is 11.6 Å². The number of carbonyl (C=O) groups is 1. The van der Waals surface area contributed by atoms with Crippen LogP contribution in [-0.4, -0.2) is 30.4 Å². The predicted molar refractivity (Wildman–Crippen MR) is 139 cm³/mol. The maximum Gasteiger partial charge on any atom is 0.354 e. The molecule has 5 aromatic rings. The Bertz CT molecular complexity index is 1720. The van der Waals surface area contributed by atoms with Crippen molar-refractivity contribution in [1.82, 2.24) is 19.3 Å². The van der Waals surface area contributed by atoms with Gasteiger partial charge in [0.2, 0.25) is 5.95 Å². The van der Waals surface area contributed by atoms with Crippen molar-refractivity contribution < 1.29 is 19.2 Å². The molecule has 3 aromatic carbocycles. The Hall–Kier alpha value is -4.90. The number of nitrogens with one attached hydrogen (secondary N) is 1. The molecule has 0 unspecified atom stereocenters. The highest BCUT2D eigenvalue weighted by Crippen LogP contribution is 2.29. The zero-order chi connectivity index (χ0) is 26.6. The lowest BCUT2D eigenvalue weighted by Gasteiger charge is -2.15. The number of fused-ring (bicyclic) bond motifs is 1. The van der Waals surface area contributed by atoms with E-state index >= 15 is 0 Å². The quantitative estimate of drug-likeness (QED) is 0.284. The molecule has 2 aromatic heterocycles. The van der Waals surface area contributed by atoms with Gasteiger partial charge in [-0.05, 0) is 59.3 Å². The number of benzene rings is 3. The minimum Gasteiger partial charge on any atom is -0.481 e. The number of rotatable bonds is 9. The SMILES string of the molecule is O=C(O)CCn1c(=O)nc(Nc2ccc(Oc3noc4ccccc34)cc2)n(Cc2ccc(Cl)cc2)c1=O. The maximum atomic E-state index is 13.2. The molecule has 0 radical (unpaired) electrons. The Morgan fingerprint density at radius 3 is 2.47 bits per heavy atom. The standard InChI is InChI=1S/C26H20ClN5O6/c27-17-7-5-16(6-8-17)15-32-24(29-25(35)31(26(32)36)14-13-22(33)34)28-18-9-11-19(12-10-18)37-23-20-3-1-2-4-21(20)38-30-23/h1-12H,13-15H2,(H,33,34)(H,28,29,35). The molecule has 0 saturated carbocycles. The average molecular weight is 534 g/mol. The highest BCUT2D eigenvalue weighted by Gasteiger charge is 2.16. The molecule has 12 heteroatoms. The van der Waals surface area contributed by atoms with Gasteiger partial charge in [0.25, 0.3) is 5.88 Å². The van der Waals surface area contributed by atoms with Gasteiger partial charge in [-0.25, -0.2) is 14.2 Å². The van der Waals surface area contributed by atoms with Crippen LogP contribution in [0.15, 0.2) is 86.9 Å². The van der Waals surface area contributed by atoms with Crippen LogP contribution in [0, 0.1) is 0 Å². The third kappa shape index (κ3) is 5.42. The van der Waals surface area contributed by atoms with E-state index in [0.29, 0.717) is 27.9 Å². The molecule has 5 rings (SSSR count). The molecule has 0 amide bonds. The number of carboxylic acid groups (broad SMARTS) is 1. The van der Waals surface area contributed by atoms with Gasteiger partial charge in [0.1, 0.15) is 5.75 Å². The van der Waals surface area contributed by atoms with Crippen LogP contribution in [0.4, 0.5) is 11.6 Å². The van der Waals surface area contributed by atoms with Crippen LogP contribution in [0.1, 0.15) is 12.0 Å². The first kappa shape index (κ1) is 24.8. The number of carboxylic acids is 1. The van der Waals surface area contributed by atoms with Crippen LogP contribution in [0.5, 0.6) is 11.6 Å². The molecule has 0 aliphatic heterocycles. The van der Waals surface area contributed by atoms with Gasteiger partial charge in [-0.2, -0.15) is 4.98 Å². The minimum atomic E-state index is -1.14. The summed E-state index contributed by atoms with van der Waals surface area (Å²) in [6.45, 7) is -0.233. The molecule has 0 aliphatic carbocycles. The van der Waals surface area contributed by atoms with E-state index < -0.39 is 23.8 Å². The number of aromatic nitrogens is 4. The fraction of sp³-hybridized carbons (Fsp3) is 0.115. The van der Waals surface area contributed by atoms with E-state index in [1.807, 2.05) is 18.2 Å². The van der Waals surface area contributed by atoms with Crippen molar-refractivity contribution >= 4 is 40.2 Å². The summed E-state index contributed by atoms with van der Waals surface area (Å²) in [5.74, 6) is -0.323. The second kappa shape index (κ2) is 10.6. The second-order valence-corrected chi connectivity index (χ2v) is 8.68. The summed E-state index contributed by atoms with van der Waals surface area (Å²) in [7, 11) is 0. The van der Waals surface area contributed by atoms with E-state index in [1.54, 1.807) is 54.6 Å². The van der Waals surface area contributed by atoms with E-state index in [9.17, 15) is 14.4 Å². The van der Waals surface area contributed by atoms with Gasteiger partial charge in [0.15, 0.2) is 5.58 Å². The van der Waals surface area contributed by atoms with E-state index in [1.165, 1.54) is 4.57 Å². The fourth-order valence-electron chi connectivity index (χ4n) is 3.72. The molecular weight excluding hydrogens is 514 g/mol. The number of para-hydroxylation sites is 1. The molecule has 0 fully saturated rings. The van der Waals surface area contributed by atoms with Crippen LogP contribution in [0.3, 0.4) is 0 Å². The lowest BCUT2D eigenvalue weighted by Crippen LogP contribution is -2.43. The molecular formula is C26H20ClN5O6. The lowest BCUT2D eigenvalue weighted by molar-refractivity contribution is -0.137. The molecule has 192 valence electrons. The van der Waals surface area contributed by atoms with Crippen molar-refractivity contribution in [2.75, 3.05) is 5.32 Å². The number of nitrogens with zero attached hydrogens (tertiary/aromatic N) is 4. The Labute approximate surface area is 219 Å². The molecule has 2 heterocycles. The molecule has 0 saturated heterocycles. The summed E-state index contributed by atoms with van der Waals surface area (Å²) in [6, 6.07) is 20.9. The first-order chi connectivity index (χ1) is 18.4. The Morgan fingerprint density at radius 1 is 1.00 bits per heavy atom. The smallest absolute Gasteiger partial charge is 0.354 e. The molecule has 0 bridgehead atoms. The fourth-order valence-corrected chi connectivity index (χ4v) is 3.85. The number of halogens is 1. The number of hydrogen-bond donors (Lipinski definition) is 2. The van der Waals surface area contributed by atoms with Crippen LogP contribution in [-0.2, 0) is 17.9 Å². The van der Waals surface area contributed by atoms with Gasteiger partial charge in [0.05, 0.1) is 18.4 Å². The van der Waals surface area contributed by atoms with Crippen molar-refractivity contribution in [3.05, 3.63) is 104 Å². The summed E-state index contributed by atoms with van der Waals surface area (Å²) in [4.78, 5) is 40.9. The number of hydrogen-bond acceptors (Lipinski definition) is 8. The summed E-state index contributed by atoms with van der Waals surface area (Å²) in [5, 5.41) is 17.2. The third-order valence-electron chi connectivity index (χ3n) is 5.62. The van der Waals surface area contributed by atoms with Crippen molar-refractivity contribution in [3.8, 4) is 11.6 Å². The molecule has 38 heavy (non-hydrogen) atoms. The van der Waals surface area contributed by atoms with Crippen molar-refractivity contribution in [2.24, 2.45) is 0 Å². The van der Waals surface area contributed by atoms with Gasteiger partial charge in [-0.1, -0.05) is 35.9 Å². The van der Waals surface area contributed by atoms with Gasteiger partial charge in [-0.3, -0.25) is 9.36 Å². The number of anilines is 2. The predicted octanol–water partition coefficient (Wildman–Crippen LogP) is 4.26. The van der Waals surface area contributed by atoms with Crippen LogP contribution < -0.4 is 21.4 Å². The Kier molecular flexibility index (Phi) is 6.92. The molecule has 0 spiro atoms.